The van der Waals surface area contributed by atoms with Crippen molar-refractivity contribution in [1.82, 2.24) is 4.57 Å². The number of ketones is 1. The number of carboxylic acid groups (broad SMARTS) is 2. The molecule has 0 saturated carbocycles. The van der Waals surface area contributed by atoms with Crippen molar-refractivity contribution in [3.63, 3.8) is 0 Å². The largest absolute Gasteiger partial charge is 0.480 e. The van der Waals surface area contributed by atoms with E-state index in [1.54, 1.807) is 6.07 Å². The molecule has 2 aromatic rings. The van der Waals surface area contributed by atoms with Crippen LogP contribution in [0.4, 0.5) is 0 Å². The van der Waals surface area contributed by atoms with E-state index in [9.17, 15) is 24.6 Å². The number of rotatable bonds is 4. The SMILES string of the molecule is O=C(c1ccco1)c1ccc2n1CCC2(C(=O)O)C(=O)O. The monoisotopic (exact) mass is 289 g/mol. The van der Waals surface area contributed by atoms with E-state index in [0.29, 0.717) is 0 Å². The molecule has 0 radical (unpaired) electrons. The van der Waals surface area contributed by atoms with Gasteiger partial charge in [-0.25, -0.2) is 0 Å². The first-order valence-corrected chi connectivity index (χ1v) is 6.23. The summed E-state index contributed by atoms with van der Waals surface area (Å²) in [5, 5.41) is 18.6. The van der Waals surface area contributed by atoms with Crippen molar-refractivity contribution in [3.05, 3.63) is 47.7 Å². The van der Waals surface area contributed by atoms with Crippen LogP contribution in [0.15, 0.2) is 34.9 Å². The highest BCUT2D eigenvalue weighted by atomic mass is 16.4. The first-order valence-electron chi connectivity index (χ1n) is 6.23. The number of aromatic nitrogens is 1. The van der Waals surface area contributed by atoms with E-state index in [1.807, 2.05) is 0 Å². The van der Waals surface area contributed by atoms with Crippen LogP contribution < -0.4 is 0 Å². The zero-order valence-electron chi connectivity index (χ0n) is 10.8. The third kappa shape index (κ3) is 1.63. The molecule has 2 N–H and O–H groups in total. The number of nitrogens with zero attached hydrogens (tertiary/aromatic N) is 1. The van der Waals surface area contributed by atoms with E-state index in [0.717, 1.165) is 0 Å². The summed E-state index contributed by atoms with van der Waals surface area (Å²) in [7, 11) is 0. The van der Waals surface area contributed by atoms with Gasteiger partial charge in [0.1, 0.15) is 0 Å². The van der Waals surface area contributed by atoms with Gasteiger partial charge in [-0.05, 0) is 30.7 Å². The second-order valence-electron chi connectivity index (χ2n) is 4.83. The minimum absolute atomic E-state index is 0.0910. The van der Waals surface area contributed by atoms with Crippen molar-refractivity contribution >= 4 is 17.7 Å². The number of hydrogen-bond acceptors (Lipinski definition) is 4. The molecule has 0 amide bonds. The van der Waals surface area contributed by atoms with Crippen molar-refractivity contribution in [1.29, 1.82) is 0 Å². The molecule has 0 saturated heterocycles. The van der Waals surface area contributed by atoms with Crippen molar-refractivity contribution in [3.8, 4) is 0 Å². The van der Waals surface area contributed by atoms with Crippen molar-refractivity contribution in [2.75, 3.05) is 0 Å². The van der Waals surface area contributed by atoms with E-state index in [4.69, 9.17) is 4.42 Å². The Bertz CT molecular complexity index is 726. The molecule has 7 heteroatoms. The van der Waals surface area contributed by atoms with Gasteiger partial charge in [-0.3, -0.25) is 14.4 Å². The Labute approximate surface area is 118 Å². The summed E-state index contributed by atoms with van der Waals surface area (Å²) in [5.41, 5.74) is -1.66. The van der Waals surface area contributed by atoms with Gasteiger partial charge in [-0.1, -0.05) is 0 Å². The van der Waals surface area contributed by atoms with Crippen LogP contribution >= 0.6 is 0 Å². The number of aliphatic carboxylic acids is 2. The van der Waals surface area contributed by atoms with Gasteiger partial charge < -0.3 is 19.2 Å². The van der Waals surface area contributed by atoms with Crippen LogP contribution in [0.1, 0.15) is 28.4 Å². The van der Waals surface area contributed by atoms with Gasteiger partial charge in [0.2, 0.25) is 11.2 Å². The lowest BCUT2D eigenvalue weighted by Crippen LogP contribution is -2.41. The number of carbonyl (C=O) groups excluding carboxylic acids is 1. The Balaban J connectivity index is 2.10. The normalized spacial score (nSPS) is 15.6. The minimum Gasteiger partial charge on any atom is -0.480 e. The maximum absolute atomic E-state index is 12.3. The molecule has 7 nitrogen and oxygen atoms in total. The van der Waals surface area contributed by atoms with Gasteiger partial charge in [0.05, 0.1) is 12.0 Å². The first-order chi connectivity index (χ1) is 9.98. The predicted molar refractivity (Wildman–Crippen MR) is 68.1 cm³/mol. The zero-order valence-corrected chi connectivity index (χ0v) is 10.8. The van der Waals surface area contributed by atoms with Gasteiger partial charge in [0.15, 0.2) is 5.76 Å². The molecule has 0 fully saturated rings. The fraction of sp³-hybridized carbons (Fsp3) is 0.214. The number of fused-ring (bicyclic) bond motifs is 1. The third-order valence-corrected chi connectivity index (χ3v) is 3.84. The number of carboxylic acids is 2. The highest BCUT2D eigenvalue weighted by molar-refractivity contribution is 6.08. The molecule has 0 aliphatic carbocycles. The number of hydrogen-bond donors (Lipinski definition) is 2. The van der Waals surface area contributed by atoms with E-state index in [2.05, 4.69) is 0 Å². The lowest BCUT2D eigenvalue weighted by molar-refractivity contribution is -0.157. The second kappa shape index (κ2) is 4.34. The molecule has 3 heterocycles. The van der Waals surface area contributed by atoms with E-state index >= 15 is 0 Å². The Kier molecular flexibility index (Phi) is 2.72. The molecule has 1 aliphatic heterocycles. The highest BCUT2D eigenvalue weighted by Crippen LogP contribution is 2.38. The smallest absolute Gasteiger partial charge is 0.327 e. The molecule has 0 atom stereocenters. The van der Waals surface area contributed by atoms with Crippen LogP contribution in [0, 0.1) is 0 Å². The van der Waals surface area contributed by atoms with Crippen LogP contribution in [-0.2, 0) is 21.5 Å². The molecule has 21 heavy (non-hydrogen) atoms. The summed E-state index contributed by atoms with van der Waals surface area (Å²) in [6.07, 6.45) is 1.27. The summed E-state index contributed by atoms with van der Waals surface area (Å²) in [5.74, 6) is -3.13. The third-order valence-electron chi connectivity index (χ3n) is 3.84. The molecule has 1 aliphatic rings. The van der Waals surface area contributed by atoms with Crippen molar-refractivity contribution < 1.29 is 29.0 Å². The van der Waals surface area contributed by atoms with E-state index in [1.165, 1.54) is 29.0 Å². The summed E-state index contributed by atoms with van der Waals surface area (Å²) in [6, 6.07) is 5.88. The van der Waals surface area contributed by atoms with E-state index < -0.39 is 23.1 Å². The maximum Gasteiger partial charge on any atom is 0.327 e. The quantitative estimate of drug-likeness (QED) is 0.644. The van der Waals surface area contributed by atoms with Gasteiger partial charge in [-0.2, -0.15) is 0 Å². The fourth-order valence-electron chi connectivity index (χ4n) is 2.75. The standard InChI is InChI=1S/C14H11NO6/c16-11(9-2-1-7-21-9)8-3-4-10-14(12(17)18,13(19)20)5-6-15(8)10/h1-4,7H,5-6H2,(H,17,18)(H,19,20). The molecule has 108 valence electrons. The zero-order chi connectivity index (χ0) is 15.2. The van der Waals surface area contributed by atoms with Crippen LogP contribution in [0.3, 0.4) is 0 Å². The number of carbonyl (C=O) groups is 3. The first kappa shape index (κ1) is 13.2. The maximum atomic E-state index is 12.3. The van der Waals surface area contributed by atoms with Crippen LogP contribution in [0.2, 0.25) is 0 Å². The summed E-state index contributed by atoms with van der Waals surface area (Å²) in [6.45, 7) is 0.155. The van der Waals surface area contributed by atoms with Crippen LogP contribution in [-0.4, -0.2) is 32.5 Å². The highest BCUT2D eigenvalue weighted by Gasteiger charge is 2.54. The minimum atomic E-state index is -2.00. The van der Waals surface area contributed by atoms with Crippen LogP contribution in [0.25, 0.3) is 0 Å². The summed E-state index contributed by atoms with van der Waals surface area (Å²) >= 11 is 0. The second-order valence-corrected chi connectivity index (χ2v) is 4.83. The molecule has 2 aromatic heterocycles. The average Bonchev–Trinajstić information content (AvgIpc) is 3.14. The molecule has 0 aromatic carbocycles. The Morgan fingerprint density at radius 3 is 2.43 bits per heavy atom. The number of furan rings is 1. The lowest BCUT2D eigenvalue weighted by atomic mass is 9.84. The van der Waals surface area contributed by atoms with Crippen molar-refractivity contribution in [2.24, 2.45) is 0 Å². The molecule has 0 spiro atoms. The van der Waals surface area contributed by atoms with E-state index in [-0.39, 0.29) is 30.1 Å². The molecular formula is C14H11NO6. The van der Waals surface area contributed by atoms with Crippen molar-refractivity contribution in [2.45, 2.75) is 18.4 Å². The molecule has 3 rings (SSSR count). The summed E-state index contributed by atoms with van der Waals surface area (Å²) < 4.78 is 6.47. The Morgan fingerprint density at radius 2 is 1.86 bits per heavy atom. The summed E-state index contributed by atoms with van der Waals surface area (Å²) in [4.78, 5) is 35.1. The average molecular weight is 289 g/mol. The van der Waals surface area contributed by atoms with Gasteiger partial charge >= 0.3 is 11.9 Å². The van der Waals surface area contributed by atoms with Gasteiger partial charge in [0.25, 0.3) is 0 Å². The fourth-order valence-corrected chi connectivity index (χ4v) is 2.75. The Hall–Kier alpha value is -2.83. The lowest BCUT2D eigenvalue weighted by Gasteiger charge is -2.17. The van der Waals surface area contributed by atoms with Gasteiger partial charge in [-0.15, -0.1) is 0 Å². The topological polar surface area (TPSA) is 110 Å². The Morgan fingerprint density at radius 1 is 1.14 bits per heavy atom. The van der Waals surface area contributed by atoms with Gasteiger partial charge in [0, 0.05) is 12.2 Å². The predicted octanol–water partition coefficient (Wildman–Crippen LogP) is 1.12. The molecular weight excluding hydrogens is 278 g/mol. The molecule has 0 bridgehead atoms. The molecule has 0 unspecified atom stereocenters. The van der Waals surface area contributed by atoms with Crippen LogP contribution in [0.5, 0.6) is 0 Å².